The Morgan fingerprint density at radius 1 is 1.47 bits per heavy atom. The highest BCUT2D eigenvalue weighted by Gasteiger charge is 2.15. The molecule has 3 N–H and O–H groups in total. The molecule has 0 radical (unpaired) electrons. The van der Waals surface area contributed by atoms with Crippen molar-refractivity contribution in [3.05, 3.63) is 23.5 Å². The van der Waals surface area contributed by atoms with Crippen molar-refractivity contribution in [2.24, 2.45) is 0 Å². The van der Waals surface area contributed by atoms with E-state index in [4.69, 9.17) is 15.9 Å². The fourth-order valence-corrected chi connectivity index (χ4v) is 1.76. The third kappa shape index (κ3) is 3.92. The smallest absolute Gasteiger partial charge is 0.132 e. The van der Waals surface area contributed by atoms with E-state index in [0.29, 0.717) is 29.5 Å². The monoisotopic (exact) mass is 267 g/mol. The highest BCUT2D eigenvalue weighted by Crippen LogP contribution is 2.27. The number of nitrogens with zero attached hydrogens (tertiary/aromatic N) is 1. The molecular formula is C14H22FN3O. The summed E-state index contributed by atoms with van der Waals surface area (Å²) in [5.74, 6) is -0.139. The maximum absolute atomic E-state index is 13.2. The first kappa shape index (κ1) is 15.4. The van der Waals surface area contributed by atoms with Crippen LogP contribution in [-0.4, -0.2) is 37.4 Å². The number of nitrogen functional groups attached to an aromatic ring is 1. The molecule has 0 aliphatic heterocycles. The average molecular weight is 267 g/mol. The predicted octanol–water partition coefficient (Wildman–Crippen LogP) is 2.51. The van der Waals surface area contributed by atoms with Gasteiger partial charge in [0.2, 0.25) is 0 Å². The predicted molar refractivity (Wildman–Crippen MR) is 76.6 cm³/mol. The minimum atomic E-state index is -0.454. The summed E-state index contributed by atoms with van der Waals surface area (Å²) in [6, 6.07) is 2.89. The molecule has 106 valence electrons. The van der Waals surface area contributed by atoms with Crippen molar-refractivity contribution >= 4 is 11.4 Å². The number of anilines is 1. The molecule has 1 rings (SSSR count). The van der Waals surface area contributed by atoms with Crippen molar-refractivity contribution in [3.63, 3.8) is 0 Å². The van der Waals surface area contributed by atoms with Gasteiger partial charge in [-0.15, -0.1) is 0 Å². The van der Waals surface area contributed by atoms with Crippen LogP contribution in [0.15, 0.2) is 12.1 Å². The van der Waals surface area contributed by atoms with Gasteiger partial charge >= 0.3 is 0 Å². The molecule has 5 heteroatoms. The van der Waals surface area contributed by atoms with Crippen molar-refractivity contribution in [2.75, 3.05) is 26.4 Å². The number of halogens is 1. The second kappa shape index (κ2) is 6.52. The summed E-state index contributed by atoms with van der Waals surface area (Å²) in [5, 5.41) is 8.11. The van der Waals surface area contributed by atoms with E-state index in [9.17, 15) is 4.39 Å². The van der Waals surface area contributed by atoms with Crippen LogP contribution >= 0.6 is 0 Å². The second-order valence-electron chi connectivity index (χ2n) is 4.88. The number of benzene rings is 1. The van der Waals surface area contributed by atoms with Gasteiger partial charge in [-0.25, -0.2) is 4.39 Å². The van der Waals surface area contributed by atoms with Crippen LogP contribution in [0.4, 0.5) is 10.1 Å². The number of nitrogens with one attached hydrogen (secondary N) is 1. The number of nitrogens with two attached hydrogens (primary N) is 1. The van der Waals surface area contributed by atoms with Gasteiger partial charge in [0, 0.05) is 36.5 Å². The number of hydrogen-bond acceptors (Lipinski definition) is 4. The van der Waals surface area contributed by atoms with Gasteiger partial charge in [-0.2, -0.15) is 0 Å². The van der Waals surface area contributed by atoms with Crippen LogP contribution in [-0.2, 0) is 0 Å². The molecule has 1 aromatic rings. The molecule has 0 atom stereocenters. The Labute approximate surface area is 113 Å². The Bertz CT molecular complexity index is 460. The molecule has 0 saturated carbocycles. The average Bonchev–Trinajstić information content (AvgIpc) is 2.34. The van der Waals surface area contributed by atoms with E-state index in [1.54, 1.807) is 0 Å². The van der Waals surface area contributed by atoms with Crippen LogP contribution in [0.1, 0.15) is 25.8 Å². The van der Waals surface area contributed by atoms with Gasteiger partial charge < -0.3 is 20.8 Å². The van der Waals surface area contributed by atoms with Crippen LogP contribution in [0.3, 0.4) is 0 Å². The second-order valence-corrected chi connectivity index (χ2v) is 4.88. The summed E-state index contributed by atoms with van der Waals surface area (Å²) in [4.78, 5) is 2.14. The number of rotatable bonds is 6. The Morgan fingerprint density at radius 3 is 2.63 bits per heavy atom. The zero-order chi connectivity index (χ0) is 14.6. The highest BCUT2D eigenvalue weighted by molar-refractivity contribution is 6.05. The van der Waals surface area contributed by atoms with Crippen LogP contribution in [0.2, 0.25) is 0 Å². The molecule has 19 heavy (non-hydrogen) atoms. The zero-order valence-electron chi connectivity index (χ0n) is 12.0. The Kier molecular flexibility index (Phi) is 5.30. The maximum Gasteiger partial charge on any atom is 0.132 e. The van der Waals surface area contributed by atoms with Gasteiger partial charge in [0.15, 0.2) is 0 Å². The van der Waals surface area contributed by atoms with Crippen molar-refractivity contribution < 1.29 is 9.13 Å². The fraction of sp³-hybridized carbons (Fsp3) is 0.500. The lowest BCUT2D eigenvalue weighted by Gasteiger charge is -2.21. The Balaban J connectivity index is 2.88. The summed E-state index contributed by atoms with van der Waals surface area (Å²) in [7, 11) is 3.45. The van der Waals surface area contributed by atoms with Crippen molar-refractivity contribution in [1.29, 1.82) is 5.41 Å². The SMILES string of the molecule is COc1cc(F)cc(N)c1C(=N)CCN(C)C(C)C. The summed E-state index contributed by atoms with van der Waals surface area (Å²) >= 11 is 0. The Hall–Kier alpha value is -1.62. The van der Waals surface area contributed by atoms with Crippen molar-refractivity contribution in [2.45, 2.75) is 26.3 Å². The zero-order valence-corrected chi connectivity index (χ0v) is 12.0. The lowest BCUT2D eigenvalue weighted by Crippen LogP contribution is -2.28. The standard InChI is InChI=1S/C14H22FN3O/c1-9(2)18(3)6-5-11(16)14-12(17)7-10(15)8-13(14)19-4/h7-9,16H,5-6,17H2,1-4H3. The topological polar surface area (TPSA) is 62.3 Å². The fourth-order valence-electron chi connectivity index (χ4n) is 1.76. The van der Waals surface area contributed by atoms with Crippen molar-refractivity contribution in [3.8, 4) is 5.75 Å². The van der Waals surface area contributed by atoms with Crippen molar-refractivity contribution in [1.82, 2.24) is 4.90 Å². The largest absolute Gasteiger partial charge is 0.496 e. The summed E-state index contributed by atoms with van der Waals surface area (Å²) in [6.07, 6.45) is 0.543. The molecule has 0 saturated heterocycles. The van der Waals surface area contributed by atoms with Gasteiger partial charge in [0.25, 0.3) is 0 Å². The van der Waals surface area contributed by atoms with Gasteiger partial charge in [0.05, 0.1) is 12.7 Å². The van der Waals surface area contributed by atoms with E-state index < -0.39 is 5.82 Å². The molecule has 0 aromatic heterocycles. The molecule has 1 aromatic carbocycles. The first-order valence-electron chi connectivity index (χ1n) is 6.27. The van der Waals surface area contributed by atoms with E-state index in [2.05, 4.69) is 18.7 Å². The summed E-state index contributed by atoms with van der Waals surface area (Å²) < 4.78 is 18.3. The normalized spacial score (nSPS) is 11.1. The van der Waals surface area contributed by atoms with E-state index in [1.807, 2.05) is 7.05 Å². The summed E-state index contributed by atoms with van der Waals surface area (Å²) in [6.45, 7) is 4.93. The van der Waals surface area contributed by atoms with Crippen LogP contribution in [0.25, 0.3) is 0 Å². The van der Waals surface area contributed by atoms with E-state index in [1.165, 1.54) is 19.2 Å². The lowest BCUT2D eigenvalue weighted by molar-refractivity contribution is 0.282. The lowest BCUT2D eigenvalue weighted by atomic mass is 10.0. The van der Waals surface area contributed by atoms with E-state index in [-0.39, 0.29) is 5.69 Å². The number of methoxy groups -OCH3 is 1. The van der Waals surface area contributed by atoms with E-state index >= 15 is 0 Å². The third-order valence-electron chi connectivity index (χ3n) is 3.22. The minimum Gasteiger partial charge on any atom is -0.496 e. The minimum absolute atomic E-state index is 0.244. The van der Waals surface area contributed by atoms with Gasteiger partial charge in [-0.1, -0.05) is 0 Å². The number of ether oxygens (including phenoxy) is 1. The molecule has 0 heterocycles. The van der Waals surface area contributed by atoms with Gasteiger partial charge in [0.1, 0.15) is 11.6 Å². The molecule has 0 aliphatic carbocycles. The van der Waals surface area contributed by atoms with Crippen LogP contribution in [0, 0.1) is 11.2 Å². The molecule has 4 nitrogen and oxygen atoms in total. The molecule has 0 spiro atoms. The first-order chi connectivity index (χ1) is 8.86. The van der Waals surface area contributed by atoms with Crippen LogP contribution in [0.5, 0.6) is 5.75 Å². The Morgan fingerprint density at radius 2 is 2.11 bits per heavy atom. The van der Waals surface area contributed by atoms with Gasteiger partial charge in [-0.3, -0.25) is 0 Å². The highest BCUT2D eigenvalue weighted by atomic mass is 19.1. The molecular weight excluding hydrogens is 245 g/mol. The molecule has 0 fully saturated rings. The number of hydrogen-bond donors (Lipinski definition) is 2. The first-order valence-corrected chi connectivity index (χ1v) is 6.27. The van der Waals surface area contributed by atoms with E-state index in [0.717, 1.165) is 6.54 Å². The molecule has 0 bridgehead atoms. The van der Waals surface area contributed by atoms with Crippen LogP contribution < -0.4 is 10.5 Å². The molecule has 0 unspecified atom stereocenters. The van der Waals surface area contributed by atoms with Gasteiger partial charge in [-0.05, 0) is 27.0 Å². The quantitative estimate of drug-likeness (QED) is 0.615. The molecule has 0 amide bonds. The molecule has 0 aliphatic rings. The maximum atomic E-state index is 13.2. The third-order valence-corrected chi connectivity index (χ3v) is 3.22. The summed E-state index contributed by atoms with van der Waals surface area (Å²) in [5.41, 5.74) is 6.88.